The minimum Gasteiger partial charge on any atom is -0.269 e. The highest BCUT2D eigenvalue weighted by molar-refractivity contribution is 6.44. The fraction of sp³-hybridized carbons (Fsp3) is 0.500. The number of carbonyl (C=O) groups excluding carboxylic acids is 3. The fourth-order valence-electron chi connectivity index (χ4n) is 6.77. The number of fused-ring (bicyclic) bond motifs is 1. The highest BCUT2D eigenvalue weighted by Gasteiger charge is 2.61. The second-order valence-electron chi connectivity index (χ2n) is 9.62. The van der Waals surface area contributed by atoms with Crippen LogP contribution in [0.2, 0.25) is 5.02 Å². The Bertz CT molecular complexity index is 1190. The molecule has 0 radical (unpaired) electrons. The molecule has 2 aromatic heterocycles. The largest absolute Gasteiger partial charge is 0.335 e. The van der Waals surface area contributed by atoms with E-state index in [0.29, 0.717) is 28.4 Å². The van der Waals surface area contributed by atoms with E-state index in [-0.39, 0.29) is 17.8 Å². The Morgan fingerprint density at radius 1 is 0.968 bits per heavy atom. The topological polar surface area (TPSA) is 92.1 Å². The van der Waals surface area contributed by atoms with Crippen LogP contribution in [-0.4, -0.2) is 42.6 Å². The van der Waals surface area contributed by atoms with Crippen molar-refractivity contribution >= 4 is 35.1 Å². The van der Waals surface area contributed by atoms with Gasteiger partial charge in [0.15, 0.2) is 0 Å². The molecule has 0 N–H and O–H groups in total. The molecule has 0 spiro atoms. The van der Waals surface area contributed by atoms with Gasteiger partial charge in [0.25, 0.3) is 5.56 Å². The van der Waals surface area contributed by atoms with Gasteiger partial charge in [-0.3, -0.25) is 18.8 Å². The zero-order chi connectivity index (χ0) is 21.5. The van der Waals surface area contributed by atoms with Gasteiger partial charge in [-0.05, 0) is 68.4 Å². The van der Waals surface area contributed by atoms with Gasteiger partial charge >= 0.3 is 17.8 Å². The summed E-state index contributed by atoms with van der Waals surface area (Å²) in [6.07, 6.45) is 7.36. The molecule has 7 rings (SSSR count). The van der Waals surface area contributed by atoms with Gasteiger partial charge < -0.3 is 0 Å². The van der Waals surface area contributed by atoms with E-state index in [9.17, 15) is 19.2 Å². The molecule has 4 saturated carbocycles. The molecule has 8 nitrogen and oxygen atoms in total. The molecule has 0 atom stereocenters. The third-order valence-corrected chi connectivity index (χ3v) is 7.75. The molecule has 9 heteroatoms. The van der Waals surface area contributed by atoms with E-state index in [4.69, 9.17) is 11.6 Å². The predicted molar refractivity (Wildman–Crippen MR) is 110 cm³/mol. The monoisotopic (exact) mass is 440 g/mol. The van der Waals surface area contributed by atoms with Gasteiger partial charge in [0.05, 0.1) is 22.8 Å². The predicted octanol–water partition coefficient (Wildman–Crippen LogP) is 2.61. The third kappa shape index (κ3) is 2.77. The second kappa shape index (κ2) is 6.38. The maximum absolute atomic E-state index is 13.3. The van der Waals surface area contributed by atoms with Crippen LogP contribution in [0.3, 0.4) is 0 Å². The van der Waals surface area contributed by atoms with Crippen molar-refractivity contribution in [3.63, 3.8) is 0 Å². The van der Waals surface area contributed by atoms with E-state index < -0.39 is 23.4 Å². The number of hydrogen-bond acceptors (Lipinski definition) is 5. The van der Waals surface area contributed by atoms with Crippen LogP contribution in [0.4, 0.5) is 4.79 Å². The Hall–Kier alpha value is -2.74. The van der Waals surface area contributed by atoms with Gasteiger partial charge in [-0.25, -0.2) is 19.6 Å². The summed E-state index contributed by atoms with van der Waals surface area (Å²) < 4.78 is 1.30. The number of halogens is 1. The quantitative estimate of drug-likeness (QED) is 0.540. The van der Waals surface area contributed by atoms with Gasteiger partial charge in [-0.1, -0.05) is 11.6 Å². The summed E-state index contributed by atoms with van der Waals surface area (Å²) in [5.41, 5.74) is -0.282. The average molecular weight is 441 g/mol. The number of hydrogen-bond donors (Lipinski definition) is 0. The Morgan fingerprint density at radius 2 is 1.61 bits per heavy atom. The first-order valence-electron chi connectivity index (χ1n) is 10.7. The summed E-state index contributed by atoms with van der Waals surface area (Å²) in [6, 6.07) is 3.89. The van der Waals surface area contributed by atoms with E-state index in [1.54, 1.807) is 12.1 Å². The molecule has 31 heavy (non-hydrogen) atoms. The number of aromatic nitrogens is 2. The molecule has 1 aliphatic heterocycles. The Kier molecular flexibility index (Phi) is 3.91. The van der Waals surface area contributed by atoms with Crippen molar-refractivity contribution in [3.05, 3.63) is 45.5 Å². The van der Waals surface area contributed by atoms with Crippen molar-refractivity contribution < 1.29 is 14.4 Å². The molecule has 160 valence electrons. The number of urea groups is 1. The highest BCUT2D eigenvalue weighted by atomic mass is 35.5. The molecule has 1 saturated heterocycles. The molecule has 0 aromatic carbocycles. The van der Waals surface area contributed by atoms with E-state index in [1.165, 1.54) is 40.8 Å². The molecule has 0 unspecified atom stereocenters. The summed E-state index contributed by atoms with van der Waals surface area (Å²) >= 11 is 5.94. The smallest absolute Gasteiger partial charge is 0.269 e. The van der Waals surface area contributed by atoms with E-state index in [0.717, 1.165) is 24.2 Å². The number of pyridine rings is 1. The zero-order valence-corrected chi connectivity index (χ0v) is 17.5. The maximum Gasteiger partial charge on any atom is 0.335 e. The van der Waals surface area contributed by atoms with Crippen LogP contribution in [0, 0.1) is 17.8 Å². The molecular formula is C22H21ClN4O4. The normalized spacial score (nSPS) is 32.0. The lowest BCUT2D eigenvalue weighted by Crippen LogP contribution is -2.61. The average Bonchev–Trinajstić information content (AvgIpc) is 2.91. The first-order chi connectivity index (χ1) is 14.8. The molecule has 3 heterocycles. The van der Waals surface area contributed by atoms with Crippen LogP contribution >= 0.6 is 11.6 Å². The molecule has 4 aliphatic carbocycles. The summed E-state index contributed by atoms with van der Waals surface area (Å²) in [4.78, 5) is 58.1. The number of rotatable bonds is 3. The molecule has 5 aliphatic rings. The van der Waals surface area contributed by atoms with Crippen LogP contribution in [0.25, 0.3) is 5.65 Å². The Balaban J connectivity index is 1.32. The first kappa shape index (κ1) is 19.0. The van der Waals surface area contributed by atoms with Crippen molar-refractivity contribution in [2.24, 2.45) is 17.8 Å². The lowest BCUT2D eigenvalue weighted by molar-refractivity contribution is -0.150. The van der Waals surface area contributed by atoms with Crippen molar-refractivity contribution in [1.82, 2.24) is 19.2 Å². The van der Waals surface area contributed by atoms with E-state index in [1.807, 2.05) is 0 Å². The third-order valence-electron chi connectivity index (χ3n) is 7.53. The maximum atomic E-state index is 13.3. The van der Waals surface area contributed by atoms with Gasteiger partial charge in [0.1, 0.15) is 5.65 Å². The Morgan fingerprint density at radius 3 is 2.26 bits per heavy atom. The van der Waals surface area contributed by atoms with Crippen LogP contribution in [0.15, 0.2) is 29.2 Å². The molecule has 2 aromatic rings. The van der Waals surface area contributed by atoms with Crippen molar-refractivity contribution in [2.75, 3.05) is 0 Å². The lowest BCUT2D eigenvalue weighted by Gasteiger charge is -2.58. The molecule has 4 amide bonds. The van der Waals surface area contributed by atoms with E-state index in [2.05, 4.69) is 4.98 Å². The zero-order valence-electron chi connectivity index (χ0n) is 16.8. The van der Waals surface area contributed by atoms with E-state index >= 15 is 0 Å². The van der Waals surface area contributed by atoms with Crippen molar-refractivity contribution in [3.8, 4) is 0 Å². The van der Waals surface area contributed by atoms with Gasteiger partial charge in [0, 0.05) is 12.3 Å². The van der Waals surface area contributed by atoms with Gasteiger partial charge in [0.2, 0.25) is 0 Å². The second-order valence-corrected chi connectivity index (χ2v) is 10.1. The lowest BCUT2D eigenvalue weighted by atomic mass is 9.52. The minimum atomic E-state index is -0.834. The number of nitrogens with zero attached hydrogens (tertiary/aromatic N) is 4. The SMILES string of the molecule is O=C1C(=O)N(C23CC4CC(CC(C4)C2)C3)C(=O)N1Cc1cc(=O)n2cc(Cl)ccc2n1. The number of amides is 4. The fourth-order valence-corrected chi connectivity index (χ4v) is 6.93. The van der Waals surface area contributed by atoms with Crippen LogP contribution in [0.5, 0.6) is 0 Å². The minimum absolute atomic E-state index is 0.208. The Labute approximate surface area is 182 Å². The summed E-state index contributed by atoms with van der Waals surface area (Å²) in [7, 11) is 0. The number of carbonyl (C=O) groups is 3. The molecule has 5 fully saturated rings. The molecular weight excluding hydrogens is 420 g/mol. The van der Waals surface area contributed by atoms with Crippen LogP contribution in [-0.2, 0) is 16.1 Å². The highest BCUT2D eigenvalue weighted by Crippen LogP contribution is 2.58. The number of imide groups is 2. The first-order valence-corrected chi connectivity index (χ1v) is 11.1. The van der Waals surface area contributed by atoms with Gasteiger partial charge in [-0.15, -0.1) is 0 Å². The van der Waals surface area contributed by atoms with Crippen molar-refractivity contribution in [1.29, 1.82) is 0 Å². The summed E-state index contributed by atoms with van der Waals surface area (Å²) in [5, 5.41) is 0.394. The van der Waals surface area contributed by atoms with Crippen LogP contribution in [0.1, 0.15) is 44.2 Å². The molecule has 4 bridgehead atoms. The summed E-state index contributed by atoms with van der Waals surface area (Å²) in [5.74, 6) is 0.0233. The van der Waals surface area contributed by atoms with Crippen molar-refractivity contribution in [2.45, 2.75) is 50.6 Å². The summed E-state index contributed by atoms with van der Waals surface area (Å²) in [6.45, 7) is -0.208. The van der Waals surface area contributed by atoms with Crippen LogP contribution < -0.4 is 5.56 Å². The van der Waals surface area contributed by atoms with Gasteiger partial charge in [-0.2, -0.15) is 0 Å². The standard InChI is InChI=1S/C22H21ClN4O4/c23-15-1-2-17-24-16(6-18(28)25(17)10-15)11-26-19(29)20(30)27(21(26)31)22-7-12-3-13(8-22)5-14(4-12)9-22/h1-2,6,10,12-14H,3-5,7-9,11H2.